The first-order valence-electron chi connectivity index (χ1n) is 5.94. The van der Waals surface area contributed by atoms with Crippen molar-refractivity contribution in [1.29, 1.82) is 0 Å². The van der Waals surface area contributed by atoms with Crippen LogP contribution in [0, 0.1) is 0 Å². The van der Waals surface area contributed by atoms with Gasteiger partial charge in [0.2, 0.25) is 0 Å². The summed E-state index contributed by atoms with van der Waals surface area (Å²) in [5, 5.41) is 25.7. The predicted octanol–water partition coefficient (Wildman–Crippen LogP) is 1.98. The number of phenolic OH excluding ortho intramolecular Hbond substituents is 2. The van der Waals surface area contributed by atoms with E-state index < -0.39 is 0 Å². The molecule has 3 N–H and O–H groups in total. The quantitative estimate of drug-likeness (QED) is 0.441. The number of rotatable bonds is 4. The number of ether oxygens (including phenoxy) is 1. The Kier molecular flexibility index (Phi) is 8.91. The zero-order valence-corrected chi connectivity index (χ0v) is 11.2. The second kappa shape index (κ2) is 9.96. The SMILES string of the molecule is CCC=C(C)C(=O)OCCO.Oc1ccccc1O. The van der Waals surface area contributed by atoms with Crippen LogP contribution in [0.3, 0.4) is 0 Å². The molecule has 0 unspecified atom stereocenters. The second-order valence-corrected chi connectivity index (χ2v) is 3.64. The van der Waals surface area contributed by atoms with E-state index in [2.05, 4.69) is 4.74 Å². The molecule has 5 heteroatoms. The molecular weight excluding hydrogens is 248 g/mol. The summed E-state index contributed by atoms with van der Waals surface area (Å²) in [4.78, 5) is 10.9. The van der Waals surface area contributed by atoms with E-state index in [-0.39, 0.29) is 30.7 Å². The van der Waals surface area contributed by atoms with Gasteiger partial charge in [-0.2, -0.15) is 0 Å². The van der Waals surface area contributed by atoms with Crippen LogP contribution >= 0.6 is 0 Å². The molecular formula is C14H20O5. The lowest BCUT2D eigenvalue weighted by Gasteiger charge is -2.01. The van der Waals surface area contributed by atoms with Crippen LogP contribution in [0.4, 0.5) is 0 Å². The second-order valence-electron chi connectivity index (χ2n) is 3.64. The van der Waals surface area contributed by atoms with Crippen molar-refractivity contribution >= 4 is 5.97 Å². The van der Waals surface area contributed by atoms with Crippen molar-refractivity contribution in [2.45, 2.75) is 20.3 Å². The van der Waals surface area contributed by atoms with Crippen LogP contribution in [-0.2, 0) is 9.53 Å². The Morgan fingerprint density at radius 1 is 1.26 bits per heavy atom. The molecule has 0 aliphatic carbocycles. The summed E-state index contributed by atoms with van der Waals surface area (Å²) in [6.07, 6.45) is 2.61. The van der Waals surface area contributed by atoms with Crippen molar-refractivity contribution in [2.75, 3.05) is 13.2 Å². The minimum Gasteiger partial charge on any atom is -0.504 e. The van der Waals surface area contributed by atoms with E-state index in [0.29, 0.717) is 5.57 Å². The van der Waals surface area contributed by atoms with Gasteiger partial charge in [0.25, 0.3) is 0 Å². The summed E-state index contributed by atoms with van der Waals surface area (Å²) in [5.41, 5.74) is 0.598. The third-order valence-corrected chi connectivity index (χ3v) is 2.04. The van der Waals surface area contributed by atoms with Gasteiger partial charge in [0.05, 0.1) is 6.61 Å². The molecule has 19 heavy (non-hydrogen) atoms. The third-order valence-electron chi connectivity index (χ3n) is 2.04. The monoisotopic (exact) mass is 268 g/mol. The lowest BCUT2D eigenvalue weighted by molar-refractivity contribution is -0.139. The van der Waals surface area contributed by atoms with Gasteiger partial charge < -0.3 is 20.1 Å². The van der Waals surface area contributed by atoms with Gasteiger partial charge >= 0.3 is 5.97 Å². The number of aliphatic hydroxyl groups is 1. The molecule has 0 aliphatic rings. The molecule has 0 amide bonds. The minimum atomic E-state index is -0.346. The number of allylic oxidation sites excluding steroid dienone is 1. The Bertz CT molecular complexity index is 391. The van der Waals surface area contributed by atoms with Gasteiger partial charge in [0, 0.05) is 5.57 Å². The first kappa shape index (κ1) is 17.0. The molecule has 0 saturated heterocycles. The Morgan fingerprint density at radius 3 is 2.16 bits per heavy atom. The number of aromatic hydroxyl groups is 2. The van der Waals surface area contributed by atoms with E-state index in [1.54, 1.807) is 25.1 Å². The lowest BCUT2D eigenvalue weighted by atomic mass is 10.2. The molecule has 106 valence electrons. The van der Waals surface area contributed by atoms with Gasteiger partial charge in [-0.05, 0) is 25.5 Å². The van der Waals surface area contributed by atoms with Gasteiger partial charge in [-0.25, -0.2) is 4.79 Å². The summed E-state index contributed by atoms with van der Waals surface area (Å²) < 4.78 is 4.65. The van der Waals surface area contributed by atoms with Crippen molar-refractivity contribution in [3.05, 3.63) is 35.9 Å². The van der Waals surface area contributed by atoms with E-state index in [4.69, 9.17) is 15.3 Å². The number of hydrogen-bond donors (Lipinski definition) is 3. The summed E-state index contributed by atoms with van der Waals surface area (Å²) in [5.74, 6) is -0.499. The first-order chi connectivity index (χ1) is 9.02. The highest BCUT2D eigenvalue weighted by Gasteiger charge is 2.02. The van der Waals surface area contributed by atoms with Crippen LogP contribution in [-0.4, -0.2) is 34.5 Å². The number of carbonyl (C=O) groups excluding carboxylic acids is 1. The summed E-state index contributed by atoms with van der Waals surface area (Å²) in [6, 6.07) is 6.15. The fraction of sp³-hybridized carbons (Fsp3) is 0.357. The van der Waals surface area contributed by atoms with Crippen LogP contribution < -0.4 is 0 Å². The highest BCUT2D eigenvalue weighted by molar-refractivity contribution is 5.87. The predicted molar refractivity (Wildman–Crippen MR) is 71.9 cm³/mol. The summed E-state index contributed by atoms with van der Waals surface area (Å²) in [6.45, 7) is 3.60. The molecule has 1 aromatic carbocycles. The van der Waals surface area contributed by atoms with Crippen molar-refractivity contribution in [3.8, 4) is 11.5 Å². The highest BCUT2D eigenvalue weighted by Crippen LogP contribution is 2.21. The van der Waals surface area contributed by atoms with Crippen molar-refractivity contribution in [2.24, 2.45) is 0 Å². The lowest BCUT2D eigenvalue weighted by Crippen LogP contribution is -2.09. The topological polar surface area (TPSA) is 87.0 Å². The average molecular weight is 268 g/mol. The largest absolute Gasteiger partial charge is 0.504 e. The maximum absolute atomic E-state index is 10.9. The van der Waals surface area contributed by atoms with Crippen LogP contribution in [0.2, 0.25) is 0 Å². The number of benzene rings is 1. The molecule has 0 atom stereocenters. The minimum absolute atomic E-state index is 0.0764. The Balaban J connectivity index is 0.000000356. The molecule has 0 radical (unpaired) electrons. The average Bonchev–Trinajstić information content (AvgIpc) is 2.40. The molecule has 0 aromatic heterocycles. The van der Waals surface area contributed by atoms with Crippen molar-refractivity contribution in [1.82, 2.24) is 0 Å². The maximum Gasteiger partial charge on any atom is 0.333 e. The van der Waals surface area contributed by atoms with Gasteiger partial charge in [0.1, 0.15) is 6.61 Å². The van der Waals surface area contributed by atoms with Gasteiger partial charge in [-0.1, -0.05) is 25.1 Å². The fourth-order valence-electron chi connectivity index (χ4n) is 1.11. The zero-order chi connectivity index (χ0) is 14.7. The van der Waals surface area contributed by atoms with Crippen molar-refractivity contribution in [3.63, 3.8) is 0 Å². The van der Waals surface area contributed by atoms with Gasteiger partial charge in [0.15, 0.2) is 11.5 Å². The standard InChI is InChI=1S/C8H14O3.C6H6O2/c1-3-4-7(2)8(10)11-6-5-9;7-5-3-1-2-4-6(5)8/h4,9H,3,5-6H2,1-2H3;1-4,7-8H. The summed E-state index contributed by atoms with van der Waals surface area (Å²) in [7, 11) is 0. The molecule has 0 spiro atoms. The van der Waals surface area contributed by atoms with Gasteiger partial charge in [-0.3, -0.25) is 0 Å². The Morgan fingerprint density at radius 2 is 1.79 bits per heavy atom. The van der Waals surface area contributed by atoms with Crippen LogP contribution in [0.1, 0.15) is 20.3 Å². The number of para-hydroxylation sites is 2. The van der Waals surface area contributed by atoms with Gasteiger partial charge in [-0.15, -0.1) is 0 Å². The normalized spacial score (nSPS) is 10.4. The number of esters is 1. The Labute approximate surface area is 112 Å². The highest BCUT2D eigenvalue weighted by atomic mass is 16.5. The number of aliphatic hydroxyl groups excluding tert-OH is 1. The molecule has 0 bridgehead atoms. The zero-order valence-electron chi connectivity index (χ0n) is 11.2. The van der Waals surface area contributed by atoms with E-state index in [1.165, 1.54) is 12.1 Å². The first-order valence-corrected chi connectivity index (χ1v) is 5.94. The molecule has 1 rings (SSSR count). The molecule has 1 aromatic rings. The summed E-state index contributed by atoms with van der Waals surface area (Å²) >= 11 is 0. The number of phenols is 2. The third kappa shape index (κ3) is 7.83. The molecule has 0 heterocycles. The van der Waals surface area contributed by atoms with Crippen LogP contribution in [0.25, 0.3) is 0 Å². The van der Waals surface area contributed by atoms with Crippen LogP contribution in [0.5, 0.6) is 11.5 Å². The molecule has 0 aliphatic heterocycles. The van der Waals surface area contributed by atoms with E-state index in [1.807, 2.05) is 6.92 Å². The van der Waals surface area contributed by atoms with E-state index >= 15 is 0 Å². The van der Waals surface area contributed by atoms with Crippen LogP contribution in [0.15, 0.2) is 35.9 Å². The molecule has 0 saturated carbocycles. The number of carbonyl (C=O) groups is 1. The van der Waals surface area contributed by atoms with E-state index in [9.17, 15) is 4.79 Å². The number of hydrogen-bond acceptors (Lipinski definition) is 5. The molecule has 5 nitrogen and oxygen atoms in total. The fourth-order valence-corrected chi connectivity index (χ4v) is 1.11. The Hall–Kier alpha value is -2.01. The maximum atomic E-state index is 10.9. The smallest absolute Gasteiger partial charge is 0.333 e. The van der Waals surface area contributed by atoms with E-state index in [0.717, 1.165) is 6.42 Å². The molecule has 0 fully saturated rings. The van der Waals surface area contributed by atoms with Crippen molar-refractivity contribution < 1.29 is 24.9 Å².